The second-order valence-corrected chi connectivity index (χ2v) is 3.08. The fourth-order valence-corrected chi connectivity index (χ4v) is 0.807. The molecule has 0 radical (unpaired) electrons. The molecular formula is C5H4ClNO3S. The van der Waals surface area contributed by atoms with Crippen LogP contribution in [-0.4, -0.2) is 14.5 Å². The standard InChI is InChI=1S/C5H4ClNO3S/c6-3-1-2-4-11(9,10)7-5-8/h1-4H. The third-order valence-electron chi connectivity index (χ3n) is 0.599. The van der Waals surface area contributed by atoms with Crippen molar-refractivity contribution in [3.8, 4) is 0 Å². The molecule has 0 aliphatic rings. The van der Waals surface area contributed by atoms with E-state index >= 15 is 0 Å². The van der Waals surface area contributed by atoms with Crippen LogP contribution in [0, 0.1) is 0 Å². The summed E-state index contributed by atoms with van der Waals surface area (Å²) in [7, 11) is -3.79. The van der Waals surface area contributed by atoms with Gasteiger partial charge in [-0.05, 0) is 6.08 Å². The topological polar surface area (TPSA) is 63.6 Å². The maximum absolute atomic E-state index is 10.5. The van der Waals surface area contributed by atoms with Crippen LogP contribution in [0.5, 0.6) is 0 Å². The summed E-state index contributed by atoms with van der Waals surface area (Å²) in [6.45, 7) is 0. The molecule has 0 aliphatic heterocycles. The number of carbonyl (C=O) groups excluding carboxylic acids is 1. The highest BCUT2D eigenvalue weighted by Gasteiger charge is 1.97. The normalized spacial score (nSPS) is 12.1. The molecule has 60 valence electrons. The molecular weight excluding hydrogens is 190 g/mol. The van der Waals surface area contributed by atoms with Crippen molar-refractivity contribution >= 4 is 27.7 Å². The molecule has 0 saturated carbocycles. The zero-order valence-electron chi connectivity index (χ0n) is 5.27. The van der Waals surface area contributed by atoms with E-state index in [2.05, 4.69) is 4.40 Å². The minimum atomic E-state index is -3.79. The van der Waals surface area contributed by atoms with Crippen molar-refractivity contribution in [3.05, 3.63) is 23.1 Å². The number of isocyanates is 1. The lowest BCUT2D eigenvalue weighted by atomic mass is 10.6. The zero-order chi connectivity index (χ0) is 8.74. The predicted octanol–water partition coefficient (Wildman–Crippen LogP) is 0.918. The Bertz CT molecular complexity index is 311. The Morgan fingerprint density at radius 2 is 2.00 bits per heavy atom. The van der Waals surface area contributed by atoms with E-state index in [9.17, 15) is 13.2 Å². The van der Waals surface area contributed by atoms with Crippen LogP contribution >= 0.6 is 11.6 Å². The largest absolute Gasteiger partial charge is 0.285 e. The molecule has 0 atom stereocenters. The van der Waals surface area contributed by atoms with Crippen molar-refractivity contribution in [2.75, 3.05) is 0 Å². The van der Waals surface area contributed by atoms with Crippen LogP contribution in [0.2, 0.25) is 0 Å². The van der Waals surface area contributed by atoms with Crippen molar-refractivity contribution in [1.82, 2.24) is 0 Å². The van der Waals surface area contributed by atoms with Gasteiger partial charge in [-0.1, -0.05) is 22.1 Å². The summed E-state index contributed by atoms with van der Waals surface area (Å²) < 4.78 is 23.6. The number of hydrogen-bond donors (Lipinski definition) is 0. The van der Waals surface area contributed by atoms with Crippen molar-refractivity contribution < 1.29 is 13.2 Å². The molecule has 11 heavy (non-hydrogen) atoms. The van der Waals surface area contributed by atoms with Gasteiger partial charge in [-0.3, -0.25) is 0 Å². The molecule has 0 aromatic rings. The lowest BCUT2D eigenvalue weighted by molar-refractivity contribution is 0.564. The number of nitrogens with zero attached hydrogens (tertiary/aromatic N) is 1. The van der Waals surface area contributed by atoms with Gasteiger partial charge in [0.1, 0.15) is 0 Å². The van der Waals surface area contributed by atoms with Gasteiger partial charge in [0, 0.05) is 5.54 Å². The number of allylic oxidation sites excluding steroid dienone is 2. The average molecular weight is 194 g/mol. The SMILES string of the molecule is O=C=NS(=O)(=O)C=CC=CCl. The van der Waals surface area contributed by atoms with Crippen LogP contribution in [0.25, 0.3) is 0 Å². The number of rotatable bonds is 3. The first-order valence-electron chi connectivity index (χ1n) is 2.40. The van der Waals surface area contributed by atoms with E-state index in [1.807, 2.05) is 0 Å². The summed E-state index contributed by atoms with van der Waals surface area (Å²) in [5.74, 6) is 0. The molecule has 4 nitrogen and oxygen atoms in total. The van der Waals surface area contributed by atoms with E-state index < -0.39 is 10.0 Å². The Hall–Kier alpha value is -0.900. The molecule has 0 aromatic heterocycles. The monoisotopic (exact) mass is 193 g/mol. The van der Waals surface area contributed by atoms with Crippen molar-refractivity contribution in [1.29, 1.82) is 0 Å². The van der Waals surface area contributed by atoms with Crippen LogP contribution in [0.4, 0.5) is 0 Å². The quantitative estimate of drug-likeness (QED) is 0.380. The van der Waals surface area contributed by atoms with Gasteiger partial charge in [0.15, 0.2) is 0 Å². The lowest BCUT2D eigenvalue weighted by Gasteiger charge is -1.79. The summed E-state index contributed by atoms with van der Waals surface area (Å²) in [6.07, 6.45) is 3.33. The Kier molecular flexibility index (Phi) is 4.45. The van der Waals surface area contributed by atoms with E-state index in [4.69, 9.17) is 11.6 Å². The van der Waals surface area contributed by atoms with Gasteiger partial charge in [-0.15, -0.1) is 0 Å². The summed E-state index contributed by atoms with van der Waals surface area (Å²) in [5.41, 5.74) is 1.12. The molecule has 0 unspecified atom stereocenters. The van der Waals surface area contributed by atoms with Crippen LogP contribution in [0.1, 0.15) is 0 Å². The second-order valence-electron chi connectivity index (χ2n) is 1.34. The first-order chi connectivity index (χ1) is 5.12. The van der Waals surface area contributed by atoms with E-state index in [0.29, 0.717) is 0 Å². The molecule has 0 heterocycles. The zero-order valence-corrected chi connectivity index (χ0v) is 6.84. The fourth-order valence-electron chi connectivity index (χ4n) is 0.269. The third kappa shape index (κ3) is 5.54. The van der Waals surface area contributed by atoms with E-state index in [0.717, 1.165) is 23.1 Å². The fraction of sp³-hybridized carbons (Fsp3) is 0. The maximum Gasteiger partial charge on any atom is 0.285 e. The predicted molar refractivity (Wildman–Crippen MR) is 41.2 cm³/mol. The maximum atomic E-state index is 10.5. The van der Waals surface area contributed by atoms with E-state index in [1.165, 1.54) is 6.08 Å². The van der Waals surface area contributed by atoms with Gasteiger partial charge in [0.25, 0.3) is 16.1 Å². The van der Waals surface area contributed by atoms with Crippen LogP contribution in [0.3, 0.4) is 0 Å². The van der Waals surface area contributed by atoms with Crippen molar-refractivity contribution in [2.45, 2.75) is 0 Å². The van der Waals surface area contributed by atoms with Crippen LogP contribution in [0.15, 0.2) is 27.5 Å². The summed E-state index contributed by atoms with van der Waals surface area (Å²) in [5, 5.41) is 0.733. The summed E-state index contributed by atoms with van der Waals surface area (Å²) in [4.78, 5) is 9.50. The van der Waals surface area contributed by atoms with Crippen LogP contribution < -0.4 is 0 Å². The average Bonchev–Trinajstić information content (AvgIpc) is 1.87. The molecule has 0 saturated heterocycles. The summed E-state index contributed by atoms with van der Waals surface area (Å²) in [6, 6.07) is 0. The van der Waals surface area contributed by atoms with Gasteiger partial charge >= 0.3 is 0 Å². The molecule has 0 rings (SSSR count). The molecule has 0 aromatic carbocycles. The van der Waals surface area contributed by atoms with Crippen molar-refractivity contribution in [2.24, 2.45) is 4.40 Å². The van der Waals surface area contributed by atoms with Gasteiger partial charge in [0.2, 0.25) is 0 Å². The Balaban J connectivity index is 4.50. The first-order valence-corrected chi connectivity index (χ1v) is 4.34. The molecule has 0 spiro atoms. The summed E-state index contributed by atoms with van der Waals surface area (Å²) >= 11 is 5.07. The smallest absolute Gasteiger partial charge is 0.210 e. The Labute approximate surface area is 68.9 Å². The third-order valence-corrected chi connectivity index (χ3v) is 1.57. The minimum absolute atomic E-state index is 0.733. The molecule has 0 bridgehead atoms. The van der Waals surface area contributed by atoms with Crippen LogP contribution in [-0.2, 0) is 14.8 Å². The molecule has 6 heteroatoms. The Morgan fingerprint density at radius 1 is 1.36 bits per heavy atom. The molecule has 0 fully saturated rings. The number of hydrogen-bond acceptors (Lipinski definition) is 3. The van der Waals surface area contributed by atoms with E-state index in [1.54, 1.807) is 0 Å². The lowest BCUT2D eigenvalue weighted by Crippen LogP contribution is -1.86. The van der Waals surface area contributed by atoms with E-state index in [-0.39, 0.29) is 0 Å². The van der Waals surface area contributed by atoms with Gasteiger partial charge < -0.3 is 0 Å². The molecule has 0 aliphatic carbocycles. The Morgan fingerprint density at radius 3 is 2.45 bits per heavy atom. The molecule has 0 amide bonds. The highest BCUT2D eigenvalue weighted by Crippen LogP contribution is 1.93. The van der Waals surface area contributed by atoms with Gasteiger partial charge in [0.05, 0.1) is 5.41 Å². The number of sulfonamides is 1. The number of halogens is 1. The second kappa shape index (κ2) is 4.85. The van der Waals surface area contributed by atoms with Gasteiger partial charge in [-0.2, -0.15) is 8.42 Å². The molecule has 0 N–H and O–H groups in total. The minimum Gasteiger partial charge on any atom is -0.210 e. The highest BCUT2D eigenvalue weighted by molar-refractivity contribution is 7.93. The first kappa shape index (κ1) is 10.1. The van der Waals surface area contributed by atoms with Gasteiger partial charge in [-0.25, -0.2) is 4.79 Å². The van der Waals surface area contributed by atoms with Crippen molar-refractivity contribution in [3.63, 3.8) is 0 Å². The highest BCUT2D eigenvalue weighted by atomic mass is 35.5.